The average Bonchev–Trinajstić information content (AvgIpc) is 2.25. The highest BCUT2D eigenvalue weighted by molar-refractivity contribution is 5.75. The maximum absolute atomic E-state index is 12.9. The zero-order chi connectivity index (χ0) is 14.8. The summed E-state index contributed by atoms with van der Waals surface area (Å²) in [7, 11) is 0. The van der Waals surface area contributed by atoms with E-state index in [4.69, 9.17) is 0 Å². The average molecular weight is 286 g/mol. The lowest BCUT2D eigenvalue weighted by Crippen LogP contribution is -2.50. The van der Waals surface area contributed by atoms with E-state index in [1.807, 2.05) is 0 Å². The van der Waals surface area contributed by atoms with Crippen LogP contribution in [0.1, 0.15) is 24.5 Å². The molecule has 0 bridgehead atoms. The van der Waals surface area contributed by atoms with Gasteiger partial charge in [-0.3, -0.25) is 0 Å². The number of benzene rings is 1. The summed E-state index contributed by atoms with van der Waals surface area (Å²) in [5.74, 6) is 0. The van der Waals surface area contributed by atoms with Crippen LogP contribution in [-0.4, -0.2) is 30.1 Å². The molecule has 0 aliphatic carbocycles. The van der Waals surface area contributed by atoms with Gasteiger partial charge in [-0.2, -0.15) is 13.2 Å². The van der Waals surface area contributed by atoms with Gasteiger partial charge in [-0.1, -0.05) is 18.2 Å². The topological polar surface area (TPSA) is 32.3 Å². The Morgan fingerprint density at radius 2 is 2.00 bits per heavy atom. The predicted molar refractivity (Wildman–Crippen MR) is 69.3 cm³/mol. The second-order valence-corrected chi connectivity index (χ2v) is 5.05. The van der Waals surface area contributed by atoms with Crippen molar-refractivity contribution >= 4 is 6.03 Å². The van der Waals surface area contributed by atoms with Crippen molar-refractivity contribution in [3.05, 3.63) is 35.4 Å². The van der Waals surface area contributed by atoms with Crippen LogP contribution >= 0.6 is 0 Å². The first-order valence-electron chi connectivity index (χ1n) is 6.58. The van der Waals surface area contributed by atoms with Crippen LogP contribution in [0.25, 0.3) is 0 Å². The highest BCUT2D eigenvalue weighted by Gasteiger charge is 2.33. The summed E-state index contributed by atoms with van der Waals surface area (Å²) in [6, 6.07) is 4.93. The van der Waals surface area contributed by atoms with Gasteiger partial charge in [0.15, 0.2) is 0 Å². The summed E-state index contributed by atoms with van der Waals surface area (Å²) in [5.41, 5.74) is -0.429. The molecule has 1 atom stereocenters. The van der Waals surface area contributed by atoms with E-state index in [9.17, 15) is 18.0 Å². The number of nitrogens with one attached hydrogen (secondary N) is 1. The molecule has 1 unspecified atom stereocenters. The minimum atomic E-state index is -4.36. The molecule has 1 aliphatic rings. The predicted octanol–water partition coefficient (Wildman–Crippen LogP) is 3.05. The van der Waals surface area contributed by atoms with Gasteiger partial charge < -0.3 is 10.2 Å². The molecule has 110 valence electrons. The van der Waals surface area contributed by atoms with Crippen LogP contribution in [0.15, 0.2) is 24.3 Å². The normalized spacial score (nSPS) is 16.5. The third-order valence-corrected chi connectivity index (χ3v) is 3.36. The molecule has 3 nitrogen and oxygen atoms in total. The van der Waals surface area contributed by atoms with E-state index in [-0.39, 0.29) is 24.1 Å². The highest BCUT2D eigenvalue weighted by atomic mass is 19.4. The van der Waals surface area contributed by atoms with Gasteiger partial charge in [0.25, 0.3) is 0 Å². The summed E-state index contributed by atoms with van der Waals surface area (Å²) < 4.78 is 38.6. The number of amides is 2. The standard InChI is InChI=1S/C14H17F3N2O/c1-10(18-13(20)19-7-4-8-19)9-11-5-2-3-6-12(11)14(15,16)17/h2-3,5-6,10H,4,7-9H2,1H3,(H,18,20). The number of hydrogen-bond donors (Lipinski definition) is 1. The monoisotopic (exact) mass is 286 g/mol. The van der Waals surface area contributed by atoms with Gasteiger partial charge in [-0.15, -0.1) is 0 Å². The van der Waals surface area contributed by atoms with Crippen molar-refractivity contribution in [1.82, 2.24) is 10.2 Å². The Morgan fingerprint density at radius 3 is 2.55 bits per heavy atom. The molecule has 1 N–H and O–H groups in total. The van der Waals surface area contributed by atoms with E-state index < -0.39 is 11.7 Å². The number of urea groups is 1. The molecule has 20 heavy (non-hydrogen) atoms. The highest BCUT2D eigenvalue weighted by Crippen LogP contribution is 2.32. The van der Waals surface area contributed by atoms with Crippen LogP contribution in [0.4, 0.5) is 18.0 Å². The molecule has 2 amide bonds. The molecule has 0 spiro atoms. The van der Waals surface area contributed by atoms with Crippen molar-refractivity contribution < 1.29 is 18.0 Å². The lowest BCUT2D eigenvalue weighted by atomic mass is 10.0. The summed E-state index contributed by atoms with van der Waals surface area (Å²) in [6.45, 7) is 3.15. The number of carbonyl (C=O) groups is 1. The number of rotatable bonds is 3. The molecule has 1 fully saturated rings. The lowest BCUT2D eigenvalue weighted by Gasteiger charge is -2.32. The number of nitrogens with zero attached hydrogens (tertiary/aromatic N) is 1. The third-order valence-electron chi connectivity index (χ3n) is 3.36. The molecule has 1 aromatic carbocycles. The van der Waals surface area contributed by atoms with Crippen LogP contribution in [-0.2, 0) is 12.6 Å². The fourth-order valence-electron chi connectivity index (χ4n) is 2.18. The smallest absolute Gasteiger partial charge is 0.335 e. The summed E-state index contributed by atoms with van der Waals surface area (Å²) in [4.78, 5) is 13.3. The minimum absolute atomic E-state index is 0.162. The summed E-state index contributed by atoms with van der Waals surface area (Å²) in [6.07, 6.45) is -3.22. The molecule has 6 heteroatoms. The maximum Gasteiger partial charge on any atom is 0.416 e. The Labute approximate surface area is 115 Å². The number of halogens is 3. The molecule has 0 radical (unpaired) electrons. The van der Waals surface area contributed by atoms with E-state index >= 15 is 0 Å². The maximum atomic E-state index is 12.9. The van der Waals surface area contributed by atoms with E-state index in [0.29, 0.717) is 0 Å². The molecular weight excluding hydrogens is 269 g/mol. The van der Waals surface area contributed by atoms with E-state index in [1.54, 1.807) is 17.9 Å². The first kappa shape index (κ1) is 14.7. The Kier molecular flexibility index (Phi) is 4.20. The Morgan fingerprint density at radius 1 is 1.35 bits per heavy atom. The van der Waals surface area contributed by atoms with Crippen molar-refractivity contribution in [1.29, 1.82) is 0 Å². The summed E-state index contributed by atoms with van der Waals surface area (Å²) in [5, 5.41) is 2.73. The number of likely N-dealkylation sites (tertiary alicyclic amines) is 1. The number of carbonyl (C=O) groups excluding carboxylic acids is 1. The van der Waals surface area contributed by atoms with Gasteiger partial charge in [0.1, 0.15) is 0 Å². The van der Waals surface area contributed by atoms with Crippen LogP contribution in [0.3, 0.4) is 0 Å². The van der Waals surface area contributed by atoms with Crippen LogP contribution in [0.2, 0.25) is 0 Å². The van der Waals surface area contributed by atoms with Crippen molar-refractivity contribution in [2.24, 2.45) is 0 Å². The van der Waals surface area contributed by atoms with Crippen LogP contribution in [0, 0.1) is 0 Å². The zero-order valence-corrected chi connectivity index (χ0v) is 11.2. The molecular formula is C14H17F3N2O. The van der Waals surface area contributed by atoms with Crippen molar-refractivity contribution in [3.63, 3.8) is 0 Å². The van der Waals surface area contributed by atoms with E-state index in [0.717, 1.165) is 25.6 Å². The Balaban J connectivity index is 2.00. The third kappa shape index (κ3) is 3.43. The number of hydrogen-bond acceptors (Lipinski definition) is 1. The van der Waals surface area contributed by atoms with Crippen molar-refractivity contribution in [2.45, 2.75) is 32.0 Å². The quantitative estimate of drug-likeness (QED) is 0.910. The second kappa shape index (κ2) is 5.73. The van der Waals surface area contributed by atoms with Gasteiger partial charge in [-0.05, 0) is 31.4 Å². The number of alkyl halides is 3. The first-order valence-corrected chi connectivity index (χ1v) is 6.58. The SMILES string of the molecule is CC(Cc1ccccc1C(F)(F)F)NC(=O)N1CCC1. The van der Waals surface area contributed by atoms with E-state index in [1.165, 1.54) is 12.1 Å². The molecule has 1 aliphatic heterocycles. The second-order valence-electron chi connectivity index (χ2n) is 5.05. The van der Waals surface area contributed by atoms with Crippen LogP contribution < -0.4 is 5.32 Å². The van der Waals surface area contributed by atoms with E-state index in [2.05, 4.69) is 5.32 Å². The van der Waals surface area contributed by atoms with Gasteiger partial charge in [0.2, 0.25) is 0 Å². The van der Waals surface area contributed by atoms with Gasteiger partial charge in [0.05, 0.1) is 5.56 Å². The van der Waals surface area contributed by atoms with Gasteiger partial charge in [0, 0.05) is 19.1 Å². The molecule has 2 rings (SSSR count). The Bertz CT molecular complexity index is 484. The molecule has 1 aromatic rings. The van der Waals surface area contributed by atoms with Crippen molar-refractivity contribution in [3.8, 4) is 0 Å². The van der Waals surface area contributed by atoms with Gasteiger partial charge in [-0.25, -0.2) is 4.79 Å². The first-order chi connectivity index (χ1) is 9.38. The molecule has 1 saturated heterocycles. The Hall–Kier alpha value is -1.72. The molecule has 0 saturated carbocycles. The molecule has 1 heterocycles. The van der Waals surface area contributed by atoms with Crippen LogP contribution in [0.5, 0.6) is 0 Å². The summed E-state index contributed by atoms with van der Waals surface area (Å²) >= 11 is 0. The molecule has 0 aromatic heterocycles. The minimum Gasteiger partial charge on any atom is -0.335 e. The fraction of sp³-hybridized carbons (Fsp3) is 0.500. The largest absolute Gasteiger partial charge is 0.416 e. The fourth-order valence-corrected chi connectivity index (χ4v) is 2.18. The lowest BCUT2D eigenvalue weighted by molar-refractivity contribution is -0.138. The van der Waals surface area contributed by atoms with Gasteiger partial charge >= 0.3 is 12.2 Å². The van der Waals surface area contributed by atoms with Crippen molar-refractivity contribution in [2.75, 3.05) is 13.1 Å². The zero-order valence-electron chi connectivity index (χ0n) is 11.2.